The first-order chi connectivity index (χ1) is 6.16. The molecule has 1 unspecified atom stereocenters. The van der Waals surface area contributed by atoms with Crippen molar-refractivity contribution < 1.29 is 5.11 Å². The average molecular weight is 177 g/mol. The van der Waals surface area contributed by atoms with E-state index in [0.717, 1.165) is 18.7 Å². The fraction of sp³-hybridized carbons (Fsp3) is 0.455. The fourth-order valence-electron chi connectivity index (χ4n) is 1.92. The third-order valence-corrected chi connectivity index (χ3v) is 2.59. The molecule has 2 heteroatoms. The zero-order chi connectivity index (χ0) is 9.42. The minimum absolute atomic E-state index is 0.311. The number of likely N-dealkylation sites (N-methyl/N-ethyl adjacent to an activating group) is 1. The first-order valence-electron chi connectivity index (χ1n) is 4.63. The molecular formula is C11H15NO. The van der Waals surface area contributed by atoms with Gasteiger partial charge >= 0.3 is 0 Å². The van der Waals surface area contributed by atoms with Crippen molar-refractivity contribution in [2.75, 3.05) is 13.6 Å². The largest absolute Gasteiger partial charge is 0.387 e. The van der Waals surface area contributed by atoms with E-state index in [2.05, 4.69) is 30.0 Å². The molecule has 2 nitrogen and oxygen atoms in total. The lowest BCUT2D eigenvalue weighted by Gasteiger charge is -2.29. The van der Waals surface area contributed by atoms with E-state index in [1.54, 1.807) is 0 Å². The molecule has 0 saturated carbocycles. The highest BCUT2D eigenvalue weighted by Gasteiger charge is 2.20. The lowest BCUT2D eigenvalue weighted by atomic mass is 9.96. The summed E-state index contributed by atoms with van der Waals surface area (Å²) in [4.78, 5) is 2.14. The Labute approximate surface area is 78.8 Å². The Bertz CT molecular complexity index is 322. The van der Waals surface area contributed by atoms with Crippen LogP contribution in [0.1, 0.15) is 22.8 Å². The summed E-state index contributed by atoms with van der Waals surface area (Å²) >= 11 is 0. The molecular weight excluding hydrogens is 162 g/mol. The first-order valence-corrected chi connectivity index (χ1v) is 4.63. The minimum atomic E-state index is -0.311. The molecule has 0 radical (unpaired) electrons. The second-order valence-corrected chi connectivity index (χ2v) is 3.91. The van der Waals surface area contributed by atoms with Crippen LogP contribution in [0.5, 0.6) is 0 Å². The Kier molecular flexibility index (Phi) is 2.10. The van der Waals surface area contributed by atoms with Gasteiger partial charge in [-0.05, 0) is 25.1 Å². The Morgan fingerprint density at radius 3 is 3.00 bits per heavy atom. The zero-order valence-corrected chi connectivity index (χ0v) is 8.12. The number of fused-ring (bicyclic) bond motifs is 1. The van der Waals surface area contributed by atoms with Crippen molar-refractivity contribution in [3.05, 3.63) is 34.9 Å². The molecule has 0 saturated heterocycles. The predicted molar refractivity (Wildman–Crippen MR) is 52.5 cm³/mol. The van der Waals surface area contributed by atoms with E-state index in [-0.39, 0.29) is 6.10 Å². The highest BCUT2D eigenvalue weighted by molar-refractivity contribution is 5.34. The van der Waals surface area contributed by atoms with Crippen LogP contribution in [0.15, 0.2) is 18.2 Å². The van der Waals surface area contributed by atoms with Crippen molar-refractivity contribution in [1.29, 1.82) is 0 Å². The van der Waals surface area contributed by atoms with Crippen LogP contribution in [0, 0.1) is 6.92 Å². The van der Waals surface area contributed by atoms with Gasteiger partial charge in [0.15, 0.2) is 0 Å². The van der Waals surface area contributed by atoms with Crippen LogP contribution in [0.2, 0.25) is 0 Å². The van der Waals surface area contributed by atoms with E-state index in [1.807, 2.05) is 7.05 Å². The van der Waals surface area contributed by atoms with Gasteiger partial charge in [0.25, 0.3) is 0 Å². The lowest BCUT2D eigenvalue weighted by Crippen LogP contribution is -2.30. The molecule has 1 N–H and O–H groups in total. The predicted octanol–water partition coefficient (Wildman–Crippen LogP) is 1.47. The standard InChI is InChI=1S/C11H15NO/c1-8-3-4-9-6-12(2)7-11(13)10(9)5-8/h3-5,11,13H,6-7H2,1-2H3. The number of β-amino-alcohol motifs (C(OH)–C–C–N with tert-alkyl or cyclic N) is 1. The van der Waals surface area contributed by atoms with Crippen molar-refractivity contribution >= 4 is 0 Å². The molecule has 0 aliphatic carbocycles. The molecule has 1 aromatic rings. The second kappa shape index (κ2) is 3.13. The van der Waals surface area contributed by atoms with Crippen LogP contribution in [0.3, 0.4) is 0 Å². The summed E-state index contributed by atoms with van der Waals surface area (Å²) in [7, 11) is 2.03. The third kappa shape index (κ3) is 1.60. The number of hydrogen-bond donors (Lipinski definition) is 1. The van der Waals surface area contributed by atoms with Crippen LogP contribution in [-0.2, 0) is 6.54 Å². The highest BCUT2D eigenvalue weighted by atomic mass is 16.3. The van der Waals surface area contributed by atoms with E-state index in [0.29, 0.717) is 0 Å². The van der Waals surface area contributed by atoms with Crippen LogP contribution in [-0.4, -0.2) is 23.6 Å². The van der Waals surface area contributed by atoms with E-state index in [1.165, 1.54) is 11.1 Å². The maximum Gasteiger partial charge on any atom is 0.0920 e. The van der Waals surface area contributed by atoms with Gasteiger partial charge in [0.2, 0.25) is 0 Å². The third-order valence-electron chi connectivity index (χ3n) is 2.59. The Morgan fingerprint density at radius 2 is 2.23 bits per heavy atom. The summed E-state index contributed by atoms with van der Waals surface area (Å²) in [6.45, 7) is 3.76. The van der Waals surface area contributed by atoms with Gasteiger partial charge < -0.3 is 5.11 Å². The Hall–Kier alpha value is -0.860. The van der Waals surface area contributed by atoms with Gasteiger partial charge in [-0.3, -0.25) is 4.90 Å². The maximum absolute atomic E-state index is 9.81. The molecule has 0 aromatic heterocycles. The zero-order valence-electron chi connectivity index (χ0n) is 8.12. The summed E-state index contributed by atoms with van der Waals surface area (Å²) in [5.41, 5.74) is 3.59. The number of nitrogens with zero attached hydrogens (tertiary/aromatic N) is 1. The summed E-state index contributed by atoms with van der Waals surface area (Å²) in [5, 5.41) is 9.81. The molecule has 0 amide bonds. The van der Waals surface area contributed by atoms with Gasteiger partial charge in [0.05, 0.1) is 6.10 Å². The minimum Gasteiger partial charge on any atom is -0.387 e. The smallest absolute Gasteiger partial charge is 0.0920 e. The van der Waals surface area contributed by atoms with Gasteiger partial charge in [0.1, 0.15) is 0 Å². The van der Waals surface area contributed by atoms with Crippen molar-refractivity contribution in [2.24, 2.45) is 0 Å². The van der Waals surface area contributed by atoms with E-state index in [4.69, 9.17) is 0 Å². The summed E-state index contributed by atoms with van der Waals surface area (Å²) in [6.07, 6.45) is -0.311. The molecule has 0 spiro atoms. The molecule has 1 aliphatic heterocycles. The molecule has 70 valence electrons. The molecule has 1 atom stereocenters. The van der Waals surface area contributed by atoms with Crippen molar-refractivity contribution in [2.45, 2.75) is 19.6 Å². The molecule has 0 fully saturated rings. The fourth-order valence-corrected chi connectivity index (χ4v) is 1.92. The number of aliphatic hydroxyl groups is 1. The summed E-state index contributed by atoms with van der Waals surface area (Å²) in [6, 6.07) is 6.31. The van der Waals surface area contributed by atoms with Crippen molar-refractivity contribution in [3.8, 4) is 0 Å². The van der Waals surface area contributed by atoms with Gasteiger partial charge in [0, 0.05) is 13.1 Å². The summed E-state index contributed by atoms with van der Waals surface area (Å²) < 4.78 is 0. The number of rotatable bonds is 0. The number of aryl methyl sites for hydroxylation is 1. The second-order valence-electron chi connectivity index (χ2n) is 3.91. The Morgan fingerprint density at radius 1 is 1.46 bits per heavy atom. The number of hydrogen-bond acceptors (Lipinski definition) is 2. The lowest BCUT2D eigenvalue weighted by molar-refractivity contribution is 0.108. The molecule has 1 heterocycles. The van der Waals surface area contributed by atoms with Gasteiger partial charge in [-0.15, -0.1) is 0 Å². The average Bonchev–Trinajstić information content (AvgIpc) is 2.06. The maximum atomic E-state index is 9.81. The molecule has 2 rings (SSSR count). The SMILES string of the molecule is Cc1ccc2c(c1)C(O)CN(C)C2. The van der Waals surface area contributed by atoms with Gasteiger partial charge in [-0.25, -0.2) is 0 Å². The van der Waals surface area contributed by atoms with Crippen LogP contribution >= 0.6 is 0 Å². The Balaban J connectivity index is 2.43. The van der Waals surface area contributed by atoms with E-state index in [9.17, 15) is 5.11 Å². The normalized spacial score (nSPS) is 22.8. The van der Waals surface area contributed by atoms with Crippen LogP contribution < -0.4 is 0 Å². The van der Waals surface area contributed by atoms with Gasteiger partial charge in [-0.1, -0.05) is 23.8 Å². The van der Waals surface area contributed by atoms with Crippen molar-refractivity contribution in [1.82, 2.24) is 4.90 Å². The highest BCUT2D eigenvalue weighted by Crippen LogP contribution is 2.26. The topological polar surface area (TPSA) is 23.5 Å². The van der Waals surface area contributed by atoms with Crippen LogP contribution in [0.4, 0.5) is 0 Å². The quantitative estimate of drug-likeness (QED) is 0.648. The molecule has 0 bridgehead atoms. The van der Waals surface area contributed by atoms with E-state index >= 15 is 0 Å². The molecule has 1 aliphatic rings. The first kappa shape index (κ1) is 8.73. The number of benzene rings is 1. The van der Waals surface area contributed by atoms with E-state index < -0.39 is 0 Å². The number of aliphatic hydroxyl groups excluding tert-OH is 1. The monoisotopic (exact) mass is 177 g/mol. The molecule has 13 heavy (non-hydrogen) atoms. The van der Waals surface area contributed by atoms with Crippen molar-refractivity contribution in [3.63, 3.8) is 0 Å². The van der Waals surface area contributed by atoms with Gasteiger partial charge in [-0.2, -0.15) is 0 Å². The molecule has 1 aromatic carbocycles. The summed E-state index contributed by atoms with van der Waals surface area (Å²) in [5.74, 6) is 0. The van der Waals surface area contributed by atoms with Crippen LogP contribution in [0.25, 0.3) is 0 Å².